The molecule has 114 valence electrons. The van der Waals surface area contributed by atoms with Gasteiger partial charge >= 0.3 is 0 Å². The molecule has 1 aromatic heterocycles. The lowest BCUT2D eigenvalue weighted by molar-refractivity contribution is -0.0689. The SMILES string of the molecule is CCc1ccc(S(=O)(=O)N(C)CC2(O)CCOCC2)s1. The lowest BCUT2D eigenvalue weighted by atomic mass is 9.95. The van der Waals surface area contributed by atoms with Crippen LogP contribution < -0.4 is 0 Å². The van der Waals surface area contributed by atoms with E-state index in [0.717, 1.165) is 11.3 Å². The summed E-state index contributed by atoms with van der Waals surface area (Å²) in [5.41, 5.74) is -0.981. The molecule has 0 spiro atoms. The second kappa shape index (κ2) is 6.11. The zero-order valence-corrected chi connectivity index (χ0v) is 13.5. The first-order chi connectivity index (χ1) is 9.37. The van der Waals surface area contributed by atoms with E-state index in [0.29, 0.717) is 30.3 Å². The van der Waals surface area contributed by atoms with Gasteiger partial charge in [-0.3, -0.25) is 0 Å². The van der Waals surface area contributed by atoms with Crippen LogP contribution in [0.4, 0.5) is 0 Å². The predicted molar refractivity (Wildman–Crippen MR) is 78.5 cm³/mol. The Hall–Kier alpha value is -0.470. The minimum atomic E-state index is -3.51. The standard InChI is InChI=1S/C13H21NO4S2/c1-3-11-4-5-12(19-11)20(16,17)14(2)10-13(15)6-8-18-9-7-13/h4-5,15H,3,6-10H2,1-2H3. The lowest BCUT2D eigenvalue weighted by Gasteiger charge is -2.34. The first-order valence-electron chi connectivity index (χ1n) is 6.72. The molecule has 1 aromatic rings. The Morgan fingerprint density at radius 2 is 2.05 bits per heavy atom. The molecule has 0 saturated carbocycles. The highest BCUT2D eigenvalue weighted by Crippen LogP contribution is 2.28. The van der Waals surface area contributed by atoms with Crippen molar-refractivity contribution in [1.29, 1.82) is 0 Å². The molecule has 5 nitrogen and oxygen atoms in total. The van der Waals surface area contributed by atoms with E-state index in [1.54, 1.807) is 6.07 Å². The van der Waals surface area contributed by atoms with Crippen molar-refractivity contribution in [2.75, 3.05) is 26.8 Å². The van der Waals surface area contributed by atoms with Crippen LogP contribution in [0.2, 0.25) is 0 Å². The summed E-state index contributed by atoms with van der Waals surface area (Å²) < 4.78 is 31.7. The van der Waals surface area contributed by atoms with Crippen molar-refractivity contribution in [2.45, 2.75) is 36.0 Å². The number of aliphatic hydroxyl groups is 1. The Balaban J connectivity index is 2.12. The number of sulfonamides is 1. The molecule has 0 unspecified atom stereocenters. The van der Waals surface area contributed by atoms with Gasteiger partial charge in [0.15, 0.2) is 0 Å². The highest BCUT2D eigenvalue weighted by atomic mass is 32.2. The molecule has 0 amide bonds. The zero-order valence-electron chi connectivity index (χ0n) is 11.8. The highest BCUT2D eigenvalue weighted by molar-refractivity contribution is 7.91. The van der Waals surface area contributed by atoms with Crippen LogP contribution in [0.5, 0.6) is 0 Å². The number of likely N-dealkylation sites (N-methyl/N-ethyl adjacent to an activating group) is 1. The van der Waals surface area contributed by atoms with Crippen molar-refractivity contribution in [1.82, 2.24) is 4.31 Å². The number of ether oxygens (including phenoxy) is 1. The minimum Gasteiger partial charge on any atom is -0.388 e. The van der Waals surface area contributed by atoms with Crippen LogP contribution in [0.1, 0.15) is 24.6 Å². The Morgan fingerprint density at radius 1 is 1.40 bits per heavy atom. The van der Waals surface area contributed by atoms with E-state index < -0.39 is 15.6 Å². The average Bonchev–Trinajstić information content (AvgIpc) is 2.88. The summed E-state index contributed by atoms with van der Waals surface area (Å²) >= 11 is 1.29. The lowest BCUT2D eigenvalue weighted by Crippen LogP contribution is -2.47. The predicted octanol–water partition coefficient (Wildman–Crippen LogP) is 1.47. The number of hydrogen-bond acceptors (Lipinski definition) is 5. The summed E-state index contributed by atoms with van der Waals surface area (Å²) in [5.74, 6) is 0. The van der Waals surface area contributed by atoms with Crippen LogP contribution in [0.3, 0.4) is 0 Å². The molecule has 1 fully saturated rings. The molecular weight excluding hydrogens is 298 g/mol. The van der Waals surface area contributed by atoms with E-state index in [2.05, 4.69) is 0 Å². The van der Waals surface area contributed by atoms with Crippen LogP contribution in [-0.4, -0.2) is 50.2 Å². The molecule has 20 heavy (non-hydrogen) atoms. The summed E-state index contributed by atoms with van der Waals surface area (Å²) in [5, 5.41) is 10.4. The molecule has 0 aromatic carbocycles. The van der Waals surface area contributed by atoms with Crippen LogP contribution in [0.15, 0.2) is 16.3 Å². The van der Waals surface area contributed by atoms with Gasteiger partial charge in [0.1, 0.15) is 4.21 Å². The first-order valence-corrected chi connectivity index (χ1v) is 8.98. The molecule has 0 bridgehead atoms. The molecule has 1 aliphatic rings. The third-order valence-electron chi connectivity index (χ3n) is 3.59. The molecule has 0 atom stereocenters. The molecule has 0 aliphatic carbocycles. The third kappa shape index (κ3) is 3.40. The highest BCUT2D eigenvalue weighted by Gasteiger charge is 2.35. The van der Waals surface area contributed by atoms with Gasteiger partial charge in [-0.1, -0.05) is 6.92 Å². The Bertz CT molecular complexity index is 546. The minimum absolute atomic E-state index is 0.109. The smallest absolute Gasteiger partial charge is 0.252 e. The molecule has 1 saturated heterocycles. The summed E-state index contributed by atoms with van der Waals surface area (Å²) in [6, 6.07) is 3.48. The largest absolute Gasteiger partial charge is 0.388 e. The van der Waals surface area contributed by atoms with Crippen LogP contribution in [-0.2, 0) is 21.2 Å². The topological polar surface area (TPSA) is 66.8 Å². The van der Waals surface area contributed by atoms with Crippen molar-refractivity contribution in [3.63, 3.8) is 0 Å². The molecule has 1 aliphatic heterocycles. The normalized spacial score (nSPS) is 19.4. The van der Waals surface area contributed by atoms with Gasteiger partial charge < -0.3 is 9.84 Å². The van der Waals surface area contributed by atoms with Gasteiger partial charge in [0.05, 0.1) is 5.60 Å². The van der Waals surface area contributed by atoms with Crippen LogP contribution in [0.25, 0.3) is 0 Å². The summed E-state index contributed by atoms with van der Waals surface area (Å²) in [4.78, 5) is 1.04. The summed E-state index contributed by atoms with van der Waals surface area (Å²) in [6.07, 6.45) is 1.76. The van der Waals surface area contributed by atoms with E-state index in [9.17, 15) is 13.5 Å². The monoisotopic (exact) mass is 319 g/mol. The van der Waals surface area contributed by atoms with Gasteiger partial charge in [-0.25, -0.2) is 8.42 Å². The van der Waals surface area contributed by atoms with Crippen molar-refractivity contribution in [3.8, 4) is 0 Å². The maximum absolute atomic E-state index is 12.5. The first kappa shape index (κ1) is 15.9. The van der Waals surface area contributed by atoms with E-state index in [1.165, 1.54) is 22.7 Å². The van der Waals surface area contributed by atoms with Gasteiger partial charge in [0, 0.05) is 44.5 Å². The van der Waals surface area contributed by atoms with Crippen molar-refractivity contribution in [2.24, 2.45) is 0 Å². The number of hydrogen-bond donors (Lipinski definition) is 1. The van der Waals surface area contributed by atoms with Gasteiger partial charge in [-0.2, -0.15) is 4.31 Å². The van der Waals surface area contributed by atoms with Crippen molar-refractivity contribution >= 4 is 21.4 Å². The van der Waals surface area contributed by atoms with Gasteiger partial charge in [-0.15, -0.1) is 11.3 Å². The van der Waals surface area contributed by atoms with Crippen LogP contribution in [0, 0.1) is 0 Å². The molecule has 2 heterocycles. The van der Waals surface area contributed by atoms with Crippen molar-refractivity contribution < 1.29 is 18.3 Å². The fourth-order valence-corrected chi connectivity index (χ4v) is 5.01. The van der Waals surface area contributed by atoms with E-state index >= 15 is 0 Å². The molecular formula is C13H21NO4S2. The quantitative estimate of drug-likeness (QED) is 0.892. The number of nitrogens with zero attached hydrogens (tertiary/aromatic N) is 1. The van der Waals surface area contributed by atoms with Gasteiger partial charge in [0.25, 0.3) is 10.0 Å². The van der Waals surface area contributed by atoms with E-state index in [-0.39, 0.29) is 6.54 Å². The number of rotatable bonds is 5. The zero-order chi connectivity index (χ0) is 14.8. The van der Waals surface area contributed by atoms with E-state index in [4.69, 9.17) is 4.74 Å². The van der Waals surface area contributed by atoms with Crippen LogP contribution >= 0.6 is 11.3 Å². The summed E-state index contributed by atoms with van der Waals surface area (Å²) in [6.45, 7) is 3.06. The maximum atomic E-state index is 12.5. The molecule has 7 heteroatoms. The fourth-order valence-electron chi connectivity index (χ4n) is 2.25. The second-order valence-corrected chi connectivity index (χ2v) is 8.61. The Labute approximate surface area is 124 Å². The maximum Gasteiger partial charge on any atom is 0.252 e. The average molecular weight is 319 g/mol. The molecule has 1 N–H and O–H groups in total. The molecule has 2 rings (SSSR count). The number of aryl methyl sites for hydroxylation is 1. The Morgan fingerprint density at radius 3 is 2.60 bits per heavy atom. The van der Waals surface area contributed by atoms with E-state index in [1.807, 2.05) is 13.0 Å². The molecule has 0 radical (unpaired) electrons. The third-order valence-corrected chi connectivity index (χ3v) is 7.09. The van der Waals surface area contributed by atoms with Gasteiger partial charge in [0.2, 0.25) is 0 Å². The number of thiophene rings is 1. The summed E-state index contributed by atoms with van der Waals surface area (Å²) in [7, 11) is -1.99. The fraction of sp³-hybridized carbons (Fsp3) is 0.692. The second-order valence-electron chi connectivity index (χ2n) is 5.17. The van der Waals surface area contributed by atoms with Crippen molar-refractivity contribution in [3.05, 3.63) is 17.0 Å². The Kier molecular flexibility index (Phi) is 4.86. The van der Waals surface area contributed by atoms with Gasteiger partial charge in [-0.05, 0) is 18.6 Å².